The summed E-state index contributed by atoms with van der Waals surface area (Å²) in [6.45, 7) is 1.76. The summed E-state index contributed by atoms with van der Waals surface area (Å²) in [7, 11) is -1.36. The first-order valence-corrected chi connectivity index (χ1v) is 13.2. The number of nitrogens with one attached hydrogen (secondary N) is 1. The summed E-state index contributed by atoms with van der Waals surface area (Å²) in [5.41, 5.74) is 1.31. The first kappa shape index (κ1) is 25.0. The number of amides is 1. The molecule has 0 radical (unpaired) electrons. The second-order valence-electron chi connectivity index (χ2n) is 9.00. The van der Waals surface area contributed by atoms with Crippen molar-refractivity contribution in [3.8, 4) is 11.5 Å². The number of allylic oxidation sites excluding steroid dienone is 1. The summed E-state index contributed by atoms with van der Waals surface area (Å²) in [4.78, 5) is 13.0. The Morgan fingerprint density at radius 3 is 2.40 bits per heavy atom. The van der Waals surface area contributed by atoms with Crippen molar-refractivity contribution in [2.45, 2.75) is 45.6 Å². The Morgan fingerprint density at radius 1 is 1.09 bits per heavy atom. The van der Waals surface area contributed by atoms with E-state index in [9.17, 15) is 17.6 Å². The van der Waals surface area contributed by atoms with Crippen LogP contribution in [0.1, 0.15) is 50.2 Å². The van der Waals surface area contributed by atoms with E-state index in [1.807, 2.05) is 0 Å². The summed E-state index contributed by atoms with van der Waals surface area (Å²) < 4.78 is 54.1. The third-order valence-corrected chi connectivity index (χ3v) is 8.73. The summed E-state index contributed by atoms with van der Waals surface area (Å²) in [5.74, 6) is -0.104. The summed E-state index contributed by atoms with van der Waals surface area (Å²) in [5, 5.41) is 2.85. The van der Waals surface area contributed by atoms with Gasteiger partial charge in [-0.25, -0.2) is 12.8 Å². The molecule has 1 N–H and O–H groups in total. The van der Waals surface area contributed by atoms with Crippen LogP contribution >= 0.6 is 0 Å². The zero-order valence-electron chi connectivity index (χ0n) is 20.3. The second kappa shape index (κ2) is 10.3. The van der Waals surface area contributed by atoms with Crippen LogP contribution < -0.4 is 19.1 Å². The monoisotopic (exact) mass is 502 g/mol. The van der Waals surface area contributed by atoms with Crippen molar-refractivity contribution in [3.63, 3.8) is 0 Å². The predicted molar refractivity (Wildman–Crippen MR) is 133 cm³/mol. The lowest BCUT2D eigenvalue weighted by Crippen LogP contribution is -2.42. The van der Waals surface area contributed by atoms with Gasteiger partial charge in [-0.3, -0.25) is 9.10 Å². The Bertz CT molecular complexity index is 1250. The molecule has 1 aliphatic carbocycles. The van der Waals surface area contributed by atoms with E-state index in [0.717, 1.165) is 30.0 Å². The van der Waals surface area contributed by atoms with Crippen molar-refractivity contribution in [1.29, 1.82) is 0 Å². The molecule has 2 aromatic rings. The van der Waals surface area contributed by atoms with Crippen molar-refractivity contribution >= 4 is 27.2 Å². The van der Waals surface area contributed by atoms with Crippen molar-refractivity contribution in [2.75, 3.05) is 25.1 Å². The van der Waals surface area contributed by atoms with Crippen LogP contribution in [0.3, 0.4) is 0 Å². The topological polar surface area (TPSA) is 84.9 Å². The van der Waals surface area contributed by atoms with E-state index in [1.165, 1.54) is 32.8 Å². The van der Waals surface area contributed by atoms with Gasteiger partial charge >= 0.3 is 0 Å². The van der Waals surface area contributed by atoms with E-state index >= 15 is 0 Å². The largest absolute Gasteiger partial charge is 0.493 e. The van der Waals surface area contributed by atoms with Crippen LogP contribution in [0.15, 0.2) is 41.3 Å². The van der Waals surface area contributed by atoms with Gasteiger partial charge in [0.25, 0.3) is 15.9 Å². The Hall–Kier alpha value is -3.07. The zero-order valence-corrected chi connectivity index (χ0v) is 21.1. The molecule has 4 rings (SSSR count). The van der Waals surface area contributed by atoms with E-state index in [2.05, 4.69) is 5.32 Å². The standard InChI is InChI=1S/C26H31FN2O5S/c1-17-20-13-23(33-2)24(34-3)14-22(20)29(16-19-11-7-8-12-21(19)27)35(31,32)25(17)26(30)28-15-18-9-5-4-6-10-18/h7-8,11-14,18H,4-6,9-10,15-16H2,1-3H3,(H,28,30). The van der Waals surface area contributed by atoms with Crippen molar-refractivity contribution < 1.29 is 27.1 Å². The maximum Gasteiger partial charge on any atom is 0.270 e. The van der Waals surface area contributed by atoms with Gasteiger partial charge in [-0.2, -0.15) is 0 Å². The van der Waals surface area contributed by atoms with Gasteiger partial charge in [-0.15, -0.1) is 0 Å². The number of carbonyl (C=O) groups excluding carboxylic acids is 1. The number of carbonyl (C=O) groups is 1. The highest BCUT2D eigenvalue weighted by molar-refractivity contribution is 7.97. The average Bonchev–Trinajstić information content (AvgIpc) is 2.86. The molecule has 0 spiro atoms. The van der Waals surface area contributed by atoms with Crippen LogP contribution in [0.25, 0.3) is 5.57 Å². The number of fused-ring (bicyclic) bond motifs is 1. The molecule has 0 aromatic heterocycles. The van der Waals surface area contributed by atoms with Gasteiger partial charge in [-0.1, -0.05) is 37.5 Å². The maximum absolute atomic E-state index is 14.5. The average molecular weight is 503 g/mol. The molecule has 1 saturated carbocycles. The lowest BCUT2D eigenvalue weighted by Gasteiger charge is -2.33. The Kier molecular flexibility index (Phi) is 7.35. The molecule has 0 saturated heterocycles. The summed E-state index contributed by atoms with van der Waals surface area (Å²) in [6, 6.07) is 9.19. The van der Waals surface area contributed by atoms with E-state index < -0.39 is 21.7 Å². The molecule has 188 valence electrons. The lowest BCUT2D eigenvalue weighted by atomic mass is 9.89. The fourth-order valence-corrected chi connectivity index (χ4v) is 6.62. The van der Waals surface area contributed by atoms with Gasteiger partial charge in [0.1, 0.15) is 5.82 Å². The van der Waals surface area contributed by atoms with Crippen LogP contribution in [0, 0.1) is 11.7 Å². The molecule has 1 fully saturated rings. The highest BCUT2D eigenvalue weighted by Gasteiger charge is 2.40. The molecule has 2 aliphatic rings. The van der Waals surface area contributed by atoms with Crippen molar-refractivity contribution in [3.05, 3.63) is 58.2 Å². The molecule has 0 bridgehead atoms. The molecule has 9 heteroatoms. The van der Waals surface area contributed by atoms with Gasteiger partial charge < -0.3 is 14.8 Å². The van der Waals surface area contributed by atoms with Crippen molar-refractivity contribution in [1.82, 2.24) is 5.32 Å². The number of hydrogen-bond acceptors (Lipinski definition) is 5. The summed E-state index contributed by atoms with van der Waals surface area (Å²) >= 11 is 0. The molecule has 0 atom stereocenters. The number of rotatable bonds is 7. The van der Waals surface area contributed by atoms with Crippen molar-refractivity contribution in [2.24, 2.45) is 5.92 Å². The number of benzene rings is 2. The molecule has 7 nitrogen and oxygen atoms in total. The zero-order chi connectivity index (χ0) is 25.2. The first-order valence-electron chi connectivity index (χ1n) is 11.8. The van der Waals surface area contributed by atoms with Crippen LogP contribution in [0.2, 0.25) is 0 Å². The summed E-state index contributed by atoms with van der Waals surface area (Å²) in [6.07, 6.45) is 5.46. The first-order chi connectivity index (χ1) is 16.8. The third kappa shape index (κ3) is 4.87. The lowest BCUT2D eigenvalue weighted by molar-refractivity contribution is -0.117. The van der Waals surface area contributed by atoms with Crippen LogP contribution in [-0.4, -0.2) is 35.1 Å². The molecule has 0 unspecified atom stereocenters. The Labute approximate surface area is 206 Å². The molecular formula is C26H31FN2O5S. The third-order valence-electron chi connectivity index (χ3n) is 6.82. The van der Waals surface area contributed by atoms with E-state index in [4.69, 9.17) is 9.47 Å². The Morgan fingerprint density at radius 2 is 1.74 bits per heavy atom. The van der Waals surface area contributed by atoms with Crippen LogP contribution in [0.4, 0.5) is 10.1 Å². The van der Waals surface area contributed by atoms with E-state index in [0.29, 0.717) is 40.8 Å². The highest BCUT2D eigenvalue weighted by atomic mass is 32.2. The minimum absolute atomic E-state index is 0.193. The Balaban J connectivity index is 1.79. The van der Waals surface area contributed by atoms with E-state index in [1.54, 1.807) is 31.2 Å². The predicted octanol–water partition coefficient (Wildman–Crippen LogP) is 4.62. The molecule has 1 heterocycles. The molecule has 1 amide bonds. The van der Waals surface area contributed by atoms with Crippen LogP contribution in [0.5, 0.6) is 11.5 Å². The van der Waals surface area contributed by atoms with E-state index in [-0.39, 0.29) is 17.0 Å². The van der Waals surface area contributed by atoms with Gasteiger partial charge in [0.05, 0.1) is 26.5 Å². The maximum atomic E-state index is 14.5. The number of halogens is 1. The number of nitrogens with zero attached hydrogens (tertiary/aromatic N) is 1. The SMILES string of the molecule is COc1cc2c(cc1OC)N(Cc1ccccc1F)S(=O)(=O)C(C(=O)NCC1CCCCC1)=C2C. The number of sulfonamides is 1. The second-order valence-corrected chi connectivity index (χ2v) is 10.8. The smallest absolute Gasteiger partial charge is 0.270 e. The quantitative estimate of drug-likeness (QED) is 0.597. The molecule has 2 aromatic carbocycles. The minimum Gasteiger partial charge on any atom is -0.493 e. The van der Waals surface area contributed by atoms with Gasteiger partial charge in [0.15, 0.2) is 16.4 Å². The van der Waals surface area contributed by atoms with Gasteiger partial charge in [0, 0.05) is 23.7 Å². The highest BCUT2D eigenvalue weighted by Crippen LogP contribution is 2.45. The van der Waals surface area contributed by atoms with Gasteiger partial charge in [0.2, 0.25) is 0 Å². The number of hydrogen-bond donors (Lipinski definition) is 1. The number of methoxy groups -OCH3 is 2. The van der Waals surface area contributed by atoms with Crippen LogP contribution in [-0.2, 0) is 21.4 Å². The fourth-order valence-electron chi connectivity index (χ4n) is 4.88. The minimum atomic E-state index is -4.30. The molecular weight excluding hydrogens is 471 g/mol. The van der Waals surface area contributed by atoms with Gasteiger partial charge in [-0.05, 0) is 43.4 Å². The normalized spacial score (nSPS) is 17.7. The number of anilines is 1. The molecule has 1 aliphatic heterocycles. The molecule has 35 heavy (non-hydrogen) atoms. The fraction of sp³-hybridized carbons (Fsp3) is 0.423. The number of ether oxygens (including phenoxy) is 2.